The van der Waals surface area contributed by atoms with Crippen molar-refractivity contribution in [2.45, 2.75) is 37.5 Å². The zero-order valence-corrected chi connectivity index (χ0v) is 15.9. The highest BCUT2D eigenvalue weighted by Gasteiger charge is 2.38. The van der Waals surface area contributed by atoms with Gasteiger partial charge >= 0.3 is 0 Å². The second-order valence-corrected chi connectivity index (χ2v) is 7.56. The maximum absolute atomic E-state index is 12.4. The summed E-state index contributed by atoms with van der Waals surface area (Å²) in [5, 5.41) is 3.04. The molecule has 0 aromatic heterocycles. The Balaban J connectivity index is 1.29. The van der Waals surface area contributed by atoms with Crippen LogP contribution in [0, 0.1) is 0 Å². The number of ketones is 1. The predicted octanol–water partition coefficient (Wildman–Crippen LogP) is 3.66. The number of carbonyl (C=O) groups excluding carboxylic acids is 2. The molecule has 0 radical (unpaired) electrons. The molecule has 5 nitrogen and oxygen atoms in total. The number of hydrogen-bond donors (Lipinski definition) is 1. The van der Waals surface area contributed by atoms with Gasteiger partial charge in [-0.1, -0.05) is 36.8 Å². The Morgan fingerprint density at radius 1 is 0.929 bits per heavy atom. The first-order valence-electron chi connectivity index (χ1n) is 9.91. The zero-order valence-electron chi connectivity index (χ0n) is 15.9. The normalized spacial score (nSPS) is 16.7. The van der Waals surface area contributed by atoms with Gasteiger partial charge in [0, 0.05) is 30.4 Å². The topological polar surface area (TPSA) is 64.6 Å². The van der Waals surface area contributed by atoms with Gasteiger partial charge in [0.1, 0.15) is 13.2 Å². The van der Waals surface area contributed by atoms with Crippen molar-refractivity contribution in [2.24, 2.45) is 0 Å². The van der Waals surface area contributed by atoms with Crippen molar-refractivity contribution >= 4 is 11.7 Å². The van der Waals surface area contributed by atoms with Gasteiger partial charge < -0.3 is 14.8 Å². The fourth-order valence-electron chi connectivity index (χ4n) is 3.91. The first-order valence-corrected chi connectivity index (χ1v) is 9.91. The highest BCUT2D eigenvalue weighted by Crippen LogP contribution is 2.43. The van der Waals surface area contributed by atoms with Crippen LogP contribution in [0.4, 0.5) is 0 Å². The van der Waals surface area contributed by atoms with Crippen molar-refractivity contribution < 1.29 is 19.1 Å². The molecule has 0 atom stereocenters. The summed E-state index contributed by atoms with van der Waals surface area (Å²) in [6.07, 6.45) is 3.75. The van der Waals surface area contributed by atoms with E-state index in [1.807, 2.05) is 18.2 Å². The number of rotatable bonds is 7. The molecule has 1 N–H and O–H groups in total. The van der Waals surface area contributed by atoms with E-state index in [2.05, 4.69) is 17.4 Å². The second kappa shape index (κ2) is 8.05. The number of nitrogens with one attached hydrogen (secondary N) is 1. The molecule has 2 aromatic carbocycles. The summed E-state index contributed by atoms with van der Waals surface area (Å²) in [6.45, 7) is 1.63. The van der Waals surface area contributed by atoms with Gasteiger partial charge in [-0.2, -0.15) is 0 Å². The van der Waals surface area contributed by atoms with E-state index in [4.69, 9.17) is 9.47 Å². The molecule has 0 bridgehead atoms. The molecular formula is C23H25NO4. The molecule has 0 unspecified atom stereocenters. The largest absolute Gasteiger partial charge is 0.486 e. The van der Waals surface area contributed by atoms with Crippen LogP contribution in [0.5, 0.6) is 11.5 Å². The highest BCUT2D eigenvalue weighted by atomic mass is 16.6. The summed E-state index contributed by atoms with van der Waals surface area (Å²) in [6, 6.07) is 15.6. The standard InChI is InChI=1S/C23H25NO4/c25-19(17-7-9-20-21(15-17)28-14-13-27-20)8-10-22(26)24-16-23(11-4-12-23)18-5-2-1-3-6-18/h1-3,5-7,9,15H,4,8,10-14,16H2,(H,24,26). The van der Waals surface area contributed by atoms with E-state index in [1.54, 1.807) is 18.2 Å². The minimum Gasteiger partial charge on any atom is -0.486 e. The number of hydrogen-bond acceptors (Lipinski definition) is 4. The van der Waals surface area contributed by atoms with Crippen molar-refractivity contribution in [2.75, 3.05) is 19.8 Å². The molecule has 1 amide bonds. The molecule has 28 heavy (non-hydrogen) atoms. The predicted molar refractivity (Wildman–Crippen MR) is 106 cm³/mol. The van der Waals surface area contributed by atoms with Gasteiger partial charge in [0.15, 0.2) is 17.3 Å². The van der Waals surface area contributed by atoms with Crippen LogP contribution in [0.25, 0.3) is 0 Å². The lowest BCUT2D eigenvalue weighted by molar-refractivity contribution is -0.121. The zero-order chi connectivity index (χ0) is 19.4. The van der Waals surface area contributed by atoms with E-state index in [0.29, 0.717) is 36.8 Å². The van der Waals surface area contributed by atoms with Crippen molar-refractivity contribution in [1.29, 1.82) is 0 Å². The highest BCUT2D eigenvalue weighted by molar-refractivity contribution is 5.98. The number of fused-ring (bicyclic) bond motifs is 1. The van der Waals surface area contributed by atoms with Crippen molar-refractivity contribution in [1.82, 2.24) is 5.32 Å². The van der Waals surface area contributed by atoms with Crippen LogP contribution < -0.4 is 14.8 Å². The molecule has 1 heterocycles. The first kappa shape index (κ1) is 18.5. The average Bonchev–Trinajstić information content (AvgIpc) is 2.71. The maximum Gasteiger partial charge on any atom is 0.220 e. The third-order valence-electron chi connectivity index (χ3n) is 5.76. The SMILES string of the molecule is O=C(CCC(=O)c1ccc2c(c1)OCCO2)NCC1(c2ccccc2)CCC1. The second-order valence-electron chi connectivity index (χ2n) is 7.56. The fourth-order valence-corrected chi connectivity index (χ4v) is 3.91. The third kappa shape index (κ3) is 3.88. The van der Waals surface area contributed by atoms with Crippen LogP contribution in [-0.4, -0.2) is 31.4 Å². The van der Waals surface area contributed by atoms with E-state index in [-0.39, 0.29) is 29.9 Å². The van der Waals surface area contributed by atoms with E-state index in [9.17, 15) is 9.59 Å². The Labute approximate surface area is 165 Å². The fraction of sp³-hybridized carbons (Fsp3) is 0.391. The summed E-state index contributed by atoms with van der Waals surface area (Å²) in [7, 11) is 0. The van der Waals surface area contributed by atoms with Crippen molar-refractivity contribution in [3.63, 3.8) is 0 Å². The van der Waals surface area contributed by atoms with E-state index >= 15 is 0 Å². The van der Waals surface area contributed by atoms with Gasteiger partial charge in [-0.3, -0.25) is 9.59 Å². The van der Waals surface area contributed by atoms with Gasteiger partial charge in [0.2, 0.25) is 5.91 Å². The maximum atomic E-state index is 12.4. The van der Waals surface area contributed by atoms with Gasteiger partial charge in [0.05, 0.1) is 0 Å². The Kier molecular flexibility index (Phi) is 5.33. The summed E-state index contributed by atoms with van der Waals surface area (Å²) >= 11 is 0. The van der Waals surface area contributed by atoms with Crippen LogP contribution in [0.2, 0.25) is 0 Å². The summed E-state index contributed by atoms with van der Waals surface area (Å²) in [5.41, 5.74) is 1.89. The van der Waals surface area contributed by atoms with Crippen LogP contribution in [0.3, 0.4) is 0 Å². The summed E-state index contributed by atoms with van der Waals surface area (Å²) in [4.78, 5) is 24.8. The number of benzene rings is 2. The number of amides is 1. The number of Topliss-reactive ketones (excluding diaryl/α,β-unsaturated/α-hetero) is 1. The van der Waals surface area contributed by atoms with Gasteiger partial charge in [-0.25, -0.2) is 0 Å². The van der Waals surface area contributed by atoms with Crippen LogP contribution in [-0.2, 0) is 10.2 Å². The van der Waals surface area contributed by atoms with Crippen molar-refractivity contribution in [3.8, 4) is 11.5 Å². The molecule has 146 valence electrons. The Hall–Kier alpha value is -2.82. The molecular weight excluding hydrogens is 354 g/mol. The summed E-state index contributed by atoms with van der Waals surface area (Å²) in [5.74, 6) is 1.12. The van der Waals surface area contributed by atoms with Gasteiger partial charge in [-0.15, -0.1) is 0 Å². The van der Waals surface area contributed by atoms with Gasteiger partial charge in [0.25, 0.3) is 0 Å². The van der Waals surface area contributed by atoms with Crippen LogP contribution >= 0.6 is 0 Å². The Bertz CT molecular complexity index is 858. The Morgan fingerprint density at radius 3 is 2.39 bits per heavy atom. The van der Waals surface area contributed by atoms with E-state index in [1.165, 1.54) is 12.0 Å². The minimum absolute atomic E-state index is 0.0523. The molecule has 2 aliphatic rings. The van der Waals surface area contributed by atoms with E-state index < -0.39 is 0 Å². The molecule has 1 fully saturated rings. The molecule has 1 aliphatic heterocycles. The molecule has 2 aromatic rings. The monoisotopic (exact) mass is 379 g/mol. The third-order valence-corrected chi connectivity index (χ3v) is 5.76. The van der Waals surface area contributed by atoms with Crippen LogP contribution in [0.1, 0.15) is 48.0 Å². The minimum atomic E-state index is -0.0758. The lowest BCUT2D eigenvalue weighted by Crippen LogP contribution is -2.45. The smallest absolute Gasteiger partial charge is 0.220 e. The average molecular weight is 379 g/mol. The number of ether oxygens (including phenoxy) is 2. The first-order chi connectivity index (χ1) is 13.7. The lowest BCUT2D eigenvalue weighted by Gasteiger charge is -2.42. The quantitative estimate of drug-likeness (QED) is 0.746. The van der Waals surface area contributed by atoms with E-state index in [0.717, 1.165) is 12.8 Å². The van der Waals surface area contributed by atoms with Crippen molar-refractivity contribution in [3.05, 3.63) is 59.7 Å². The molecule has 4 rings (SSSR count). The molecule has 1 aliphatic carbocycles. The molecule has 1 saturated carbocycles. The molecule has 5 heteroatoms. The van der Waals surface area contributed by atoms with Gasteiger partial charge in [-0.05, 0) is 36.6 Å². The Morgan fingerprint density at radius 2 is 1.68 bits per heavy atom. The lowest BCUT2D eigenvalue weighted by atomic mass is 9.64. The molecule has 0 saturated heterocycles. The summed E-state index contributed by atoms with van der Waals surface area (Å²) < 4.78 is 11.0. The number of carbonyl (C=O) groups is 2. The van der Waals surface area contributed by atoms with Crippen LogP contribution in [0.15, 0.2) is 48.5 Å². The molecule has 0 spiro atoms.